The smallest absolute Gasteiger partial charge is 0.371 e. The Hall–Kier alpha value is -1.14. The molecule has 0 spiro atoms. The summed E-state index contributed by atoms with van der Waals surface area (Å²) in [5.41, 5.74) is -0.920. The molecule has 2 rings (SSSR count). The second kappa shape index (κ2) is 4.62. The van der Waals surface area contributed by atoms with Crippen LogP contribution < -0.4 is 5.32 Å². The fourth-order valence-corrected chi connectivity index (χ4v) is 1.45. The van der Waals surface area contributed by atoms with Crippen molar-refractivity contribution < 1.29 is 22.3 Å². The van der Waals surface area contributed by atoms with E-state index in [0.717, 1.165) is 18.2 Å². The third-order valence-corrected chi connectivity index (χ3v) is 2.59. The monoisotopic (exact) mass is 249 g/mol. The molecule has 1 aliphatic rings. The highest BCUT2D eigenvalue weighted by molar-refractivity contribution is 5.26. The van der Waals surface area contributed by atoms with E-state index in [-0.39, 0.29) is 18.3 Å². The highest BCUT2D eigenvalue weighted by Crippen LogP contribution is 2.30. The molecule has 0 atom stereocenters. The van der Waals surface area contributed by atoms with E-state index in [9.17, 15) is 17.6 Å². The van der Waals surface area contributed by atoms with Crippen molar-refractivity contribution in [2.45, 2.75) is 18.9 Å². The molecule has 1 N–H and O–H groups in total. The summed E-state index contributed by atoms with van der Waals surface area (Å²) in [5, 5.41) is 2.95. The van der Waals surface area contributed by atoms with Gasteiger partial charge in [-0.3, -0.25) is 0 Å². The molecule has 0 unspecified atom stereocenters. The van der Waals surface area contributed by atoms with Gasteiger partial charge in [-0.25, -0.2) is 4.39 Å². The molecule has 1 aliphatic heterocycles. The summed E-state index contributed by atoms with van der Waals surface area (Å²) in [6.45, 7) is 1.17. The zero-order valence-corrected chi connectivity index (χ0v) is 8.85. The zero-order valence-electron chi connectivity index (χ0n) is 8.85. The van der Waals surface area contributed by atoms with Crippen LogP contribution in [0.2, 0.25) is 0 Å². The molecule has 17 heavy (non-hydrogen) atoms. The topological polar surface area (TPSA) is 21.3 Å². The molecule has 0 saturated carbocycles. The fraction of sp³-hybridized carbons (Fsp3) is 0.455. The molecule has 1 saturated heterocycles. The van der Waals surface area contributed by atoms with Gasteiger partial charge in [0, 0.05) is 18.7 Å². The maximum Gasteiger partial charge on any atom is 0.416 e. The first kappa shape index (κ1) is 12.3. The van der Waals surface area contributed by atoms with Crippen molar-refractivity contribution in [1.29, 1.82) is 0 Å². The number of hydrogen-bond donors (Lipinski definition) is 1. The minimum Gasteiger partial charge on any atom is -0.371 e. The number of halogens is 4. The van der Waals surface area contributed by atoms with Gasteiger partial charge in [-0.1, -0.05) is 0 Å². The van der Waals surface area contributed by atoms with Crippen molar-refractivity contribution in [3.8, 4) is 0 Å². The second-order valence-electron chi connectivity index (χ2n) is 3.90. The van der Waals surface area contributed by atoms with Gasteiger partial charge >= 0.3 is 6.18 Å². The van der Waals surface area contributed by atoms with Crippen LogP contribution in [-0.2, 0) is 17.5 Å². The molecule has 1 fully saturated rings. The summed E-state index contributed by atoms with van der Waals surface area (Å²) in [6.07, 6.45) is -4.50. The molecule has 0 amide bonds. The Labute approximate surface area is 95.6 Å². The molecule has 0 bridgehead atoms. The van der Waals surface area contributed by atoms with Gasteiger partial charge in [0.05, 0.1) is 18.3 Å². The van der Waals surface area contributed by atoms with E-state index >= 15 is 0 Å². The van der Waals surface area contributed by atoms with E-state index in [1.54, 1.807) is 0 Å². The number of alkyl halides is 3. The lowest BCUT2D eigenvalue weighted by Gasteiger charge is -2.27. The summed E-state index contributed by atoms with van der Waals surface area (Å²) in [4.78, 5) is 0. The maximum absolute atomic E-state index is 13.3. The molecule has 1 heterocycles. The molecule has 94 valence electrons. The van der Waals surface area contributed by atoms with Gasteiger partial charge in [-0.2, -0.15) is 13.2 Å². The van der Waals surface area contributed by atoms with Crippen LogP contribution in [0.4, 0.5) is 17.6 Å². The maximum atomic E-state index is 13.3. The number of hydrogen-bond acceptors (Lipinski definition) is 2. The van der Waals surface area contributed by atoms with Crippen molar-refractivity contribution in [2.24, 2.45) is 0 Å². The molecule has 1 aromatic carbocycles. The molecule has 6 heteroatoms. The quantitative estimate of drug-likeness (QED) is 0.830. The fourth-order valence-electron chi connectivity index (χ4n) is 1.45. The van der Waals surface area contributed by atoms with Gasteiger partial charge in [0.15, 0.2) is 0 Å². The predicted molar refractivity (Wildman–Crippen MR) is 52.8 cm³/mol. The van der Waals surface area contributed by atoms with Crippen molar-refractivity contribution in [2.75, 3.05) is 13.1 Å². The Morgan fingerprint density at radius 3 is 2.53 bits per heavy atom. The van der Waals surface area contributed by atoms with Crippen LogP contribution in [0, 0.1) is 5.82 Å². The van der Waals surface area contributed by atoms with E-state index in [0.29, 0.717) is 13.1 Å². The normalized spacial score (nSPS) is 16.9. The molecule has 0 radical (unpaired) electrons. The minimum absolute atomic E-state index is 0.0380. The van der Waals surface area contributed by atoms with Gasteiger partial charge in [0.1, 0.15) is 5.82 Å². The van der Waals surface area contributed by atoms with Gasteiger partial charge in [-0.05, 0) is 18.2 Å². The van der Waals surface area contributed by atoms with Crippen LogP contribution >= 0.6 is 0 Å². The lowest BCUT2D eigenvalue weighted by Crippen LogP contribution is -2.48. The number of benzene rings is 1. The van der Waals surface area contributed by atoms with Crippen LogP contribution in [0.5, 0.6) is 0 Å². The summed E-state index contributed by atoms with van der Waals surface area (Å²) in [6, 6.07) is 2.34. The number of rotatable bonds is 3. The lowest BCUT2D eigenvalue weighted by atomic mass is 10.1. The predicted octanol–water partition coefficient (Wildman–Crippen LogP) is 2.33. The van der Waals surface area contributed by atoms with E-state index in [1.165, 1.54) is 0 Å². The van der Waals surface area contributed by atoms with Crippen LogP contribution in [0.3, 0.4) is 0 Å². The molecular formula is C11H11F4NO. The Kier molecular flexibility index (Phi) is 3.35. The van der Waals surface area contributed by atoms with Crippen LogP contribution in [-0.4, -0.2) is 19.2 Å². The highest BCUT2D eigenvalue weighted by Gasteiger charge is 2.31. The second-order valence-corrected chi connectivity index (χ2v) is 3.90. The van der Waals surface area contributed by atoms with Gasteiger partial charge in [0.2, 0.25) is 0 Å². The van der Waals surface area contributed by atoms with Gasteiger partial charge in [-0.15, -0.1) is 0 Å². The molecular weight excluding hydrogens is 238 g/mol. The van der Waals surface area contributed by atoms with E-state index in [2.05, 4.69) is 5.32 Å². The number of ether oxygens (including phenoxy) is 1. The molecule has 1 aromatic rings. The Balaban J connectivity index is 2.08. The van der Waals surface area contributed by atoms with E-state index in [4.69, 9.17) is 4.74 Å². The first-order chi connectivity index (χ1) is 7.97. The SMILES string of the molecule is Fc1ccc(C(F)(F)F)cc1COC1CNC1. The zero-order chi connectivity index (χ0) is 12.5. The minimum atomic E-state index is -4.46. The third-order valence-electron chi connectivity index (χ3n) is 2.59. The van der Waals surface area contributed by atoms with Gasteiger partial charge in [0.25, 0.3) is 0 Å². The third kappa shape index (κ3) is 2.95. The Morgan fingerprint density at radius 2 is 2.00 bits per heavy atom. The summed E-state index contributed by atoms with van der Waals surface area (Å²) in [5.74, 6) is -0.676. The van der Waals surface area contributed by atoms with Crippen molar-refractivity contribution in [3.05, 3.63) is 35.1 Å². The highest BCUT2D eigenvalue weighted by atomic mass is 19.4. The van der Waals surface area contributed by atoms with Crippen molar-refractivity contribution in [1.82, 2.24) is 5.32 Å². The standard InChI is InChI=1S/C11H11F4NO/c12-10-2-1-8(11(13,14)15)3-7(10)6-17-9-4-16-5-9/h1-3,9,16H,4-6H2. The largest absolute Gasteiger partial charge is 0.416 e. The lowest BCUT2D eigenvalue weighted by molar-refractivity contribution is -0.137. The summed E-state index contributed by atoms with van der Waals surface area (Å²) in [7, 11) is 0. The van der Waals surface area contributed by atoms with Crippen LogP contribution in [0.25, 0.3) is 0 Å². The Bertz CT molecular complexity index is 401. The molecule has 0 aromatic heterocycles. The summed E-state index contributed by atoms with van der Waals surface area (Å²) < 4.78 is 55.7. The molecule has 0 aliphatic carbocycles. The Morgan fingerprint density at radius 1 is 1.29 bits per heavy atom. The van der Waals surface area contributed by atoms with E-state index < -0.39 is 17.6 Å². The van der Waals surface area contributed by atoms with Crippen molar-refractivity contribution >= 4 is 0 Å². The molecule has 2 nitrogen and oxygen atoms in total. The average Bonchev–Trinajstić information content (AvgIpc) is 2.16. The van der Waals surface area contributed by atoms with Crippen LogP contribution in [0.1, 0.15) is 11.1 Å². The van der Waals surface area contributed by atoms with Crippen LogP contribution in [0.15, 0.2) is 18.2 Å². The van der Waals surface area contributed by atoms with Crippen molar-refractivity contribution in [3.63, 3.8) is 0 Å². The number of nitrogens with one attached hydrogen (secondary N) is 1. The van der Waals surface area contributed by atoms with Gasteiger partial charge < -0.3 is 10.1 Å². The van der Waals surface area contributed by atoms with E-state index in [1.807, 2.05) is 0 Å². The average molecular weight is 249 g/mol. The summed E-state index contributed by atoms with van der Waals surface area (Å²) >= 11 is 0. The first-order valence-electron chi connectivity index (χ1n) is 5.15. The first-order valence-corrected chi connectivity index (χ1v) is 5.15.